The first-order valence-electron chi connectivity index (χ1n) is 9.26. The molecular formula is C22H17Cl2FN2O3. The van der Waals surface area contributed by atoms with Crippen molar-refractivity contribution in [2.75, 3.05) is 13.2 Å². The molecule has 154 valence electrons. The van der Waals surface area contributed by atoms with Crippen LogP contribution in [0.15, 0.2) is 42.5 Å². The molecule has 0 N–H and O–H groups in total. The lowest BCUT2D eigenvalue weighted by molar-refractivity contribution is 0.0512. The Morgan fingerprint density at radius 1 is 1.23 bits per heavy atom. The van der Waals surface area contributed by atoms with E-state index in [4.69, 9.17) is 32.7 Å². The van der Waals surface area contributed by atoms with Gasteiger partial charge in [-0.25, -0.2) is 13.9 Å². The normalized spacial score (nSPS) is 14.6. The number of rotatable bonds is 4. The maximum absolute atomic E-state index is 13.3. The summed E-state index contributed by atoms with van der Waals surface area (Å²) < 4.78 is 25.8. The first-order chi connectivity index (χ1) is 14.5. The minimum Gasteiger partial charge on any atom is -0.461 e. The Hall–Kier alpha value is -2.67. The predicted octanol–water partition coefficient (Wildman–Crippen LogP) is 5.57. The van der Waals surface area contributed by atoms with Crippen molar-refractivity contribution in [3.63, 3.8) is 0 Å². The van der Waals surface area contributed by atoms with Gasteiger partial charge in [0.1, 0.15) is 5.82 Å². The summed E-state index contributed by atoms with van der Waals surface area (Å²) >= 11 is 12.5. The molecule has 0 radical (unpaired) electrons. The van der Waals surface area contributed by atoms with Crippen LogP contribution in [0.3, 0.4) is 0 Å². The molecule has 0 unspecified atom stereocenters. The molecule has 30 heavy (non-hydrogen) atoms. The van der Waals surface area contributed by atoms with E-state index in [0.29, 0.717) is 33.6 Å². The summed E-state index contributed by atoms with van der Waals surface area (Å²) in [6.07, 6.45) is 1.87. The zero-order valence-corrected chi connectivity index (χ0v) is 17.5. The number of ether oxygens (including phenoxy) is 2. The standard InChI is InChI=1S/C22H17Cl2FN2O3/c1-2-30-22(28)20-17-12-29-11-14(9-13-3-6-16(25)7-4-13)21(17)27(26-20)19-8-5-15(23)10-18(19)24/h3-10H,2,11-12H2,1H3/b14-9-. The fourth-order valence-corrected chi connectivity index (χ4v) is 3.80. The predicted molar refractivity (Wildman–Crippen MR) is 113 cm³/mol. The number of aromatic nitrogens is 2. The van der Waals surface area contributed by atoms with Crippen molar-refractivity contribution in [3.8, 4) is 5.69 Å². The number of nitrogens with zero attached hydrogens (tertiary/aromatic N) is 2. The van der Waals surface area contributed by atoms with Crippen molar-refractivity contribution in [2.24, 2.45) is 0 Å². The number of carbonyl (C=O) groups is 1. The van der Waals surface area contributed by atoms with Gasteiger partial charge in [-0.15, -0.1) is 0 Å². The largest absolute Gasteiger partial charge is 0.461 e. The quantitative estimate of drug-likeness (QED) is 0.491. The molecule has 5 nitrogen and oxygen atoms in total. The first-order valence-corrected chi connectivity index (χ1v) is 10.0. The van der Waals surface area contributed by atoms with Crippen molar-refractivity contribution in [2.45, 2.75) is 13.5 Å². The summed E-state index contributed by atoms with van der Waals surface area (Å²) in [5.41, 5.74) is 3.60. The summed E-state index contributed by atoms with van der Waals surface area (Å²) in [5, 5.41) is 5.38. The highest BCUT2D eigenvalue weighted by Crippen LogP contribution is 2.35. The SMILES string of the molecule is CCOC(=O)c1nn(-c2ccc(Cl)cc2Cl)c2c1COC/C2=C/c1ccc(F)cc1. The van der Waals surface area contributed by atoms with Crippen LogP contribution in [0.4, 0.5) is 4.39 Å². The number of benzene rings is 2. The van der Waals surface area contributed by atoms with E-state index in [-0.39, 0.29) is 24.7 Å². The van der Waals surface area contributed by atoms with Gasteiger partial charge in [0.25, 0.3) is 0 Å². The van der Waals surface area contributed by atoms with Crippen LogP contribution in [-0.2, 0) is 16.1 Å². The summed E-state index contributed by atoms with van der Waals surface area (Å²) in [7, 11) is 0. The molecule has 1 aliphatic heterocycles. The topological polar surface area (TPSA) is 53.3 Å². The van der Waals surface area contributed by atoms with Gasteiger partial charge in [0.05, 0.1) is 36.2 Å². The number of fused-ring (bicyclic) bond motifs is 1. The molecule has 0 saturated heterocycles. The van der Waals surface area contributed by atoms with Gasteiger partial charge in [0.15, 0.2) is 5.69 Å². The van der Waals surface area contributed by atoms with Gasteiger partial charge in [0, 0.05) is 16.2 Å². The highest BCUT2D eigenvalue weighted by Gasteiger charge is 2.30. The fourth-order valence-electron chi connectivity index (χ4n) is 3.31. The van der Waals surface area contributed by atoms with Gasteiger partial charge in [-0.05, 0) is 48.9 Å². The van der Waals surface area contributed by atoms with Gasteiger partial charge < -0.3 is 9.47 Å². The molecule has 4 rings (SSSR count). The van der Waals surface area contributed by atoms with Gasteiger partial charge in [-0.3, -0.25) is 0 Å². The minimum absolute atomic E-state index is 0.169. The van der Waals surface area contributed by atoms with Crippen LogP contribution >= 0.6 is 23.2 Å². The van der Waals surface area contributed by atoms with Crippen LogP contribution in [0.5, 0.6) is 0 Å². The molecule has 3 aromatic rings. The van der Waals surface area contributed by atoms with E-state index in [2.05, 4.69) is 5.10 Å². The molecule has 1 aliphatic rings. The van der Waals surface area contributed by atoms with Crippen molar-refractivity contribution in [1.82, 2.24) is 9.78 Å². The minimum atomic E-state index is -0.538. The van der Waals surface area contributed by atoms with E-state index in [1.807, 2.05) is 6.08 Å². The second-order valence-electron chi connectivity index (χ2n) is 6.62. The highest BCUT2D eigenvalue weighted by molar-refractivity contribution is 6.35. The maximum atomic E-state index is 13.3. The zero-order valence-electron chi connectivity index (χ0n) is 16.0. The Kier molecular flexibility index (Phi) is 5.90. The molecule has 1 aromatic heterocycles. The third-order valence-electron chi connectivity index (χ3n) is 4.61. The smallest absolute Gasteiger partial charge is 0.359 e. The lowest BCUT2D eigenvalue weighted by atomic mass is 10.0. The molecule has 8 heteroatoms. The third-order valence-corrected chi connectivity index (χ3v) is 5.15. The zero-order chi connectivity index (χ0) is 21.3. The van der Waals surface area contributed by atoms with Gasteiger partial charge >= 0.3 is 5.97 Å². The summed E-state index contributed by atoms with van der Waals surface area (Å²) in [5.74, 6) is -0.857. The Morgan fingerprint density at radius 3 is 2.70 bits per heavy atom. The Labute approximate surface area is 182 Å². The maximum Gasteiger partial charge on any atom is 0.359 e. The van der Waals surface area contributed by atoms with E-state index in [1.165, 1.54) is 12.1 Å². The molecular weight excluding hydrogens is 430 g/mol. The Balaban J connectivity index is 1.92. The summed E-state index contributed by atoms with van der Waals surface area (Å²) in [6.45, 7) is 2.45. The van der Waals surface area contributed by atoms with E-state index >= 15 is 0 Å². The molecule has 2 aromatic carbocycles. The van der Waals surface area contributed by atoms with Gasteiger partial charge in [0.2, 0.25) is 0 Å². The van der Waals surface area contributed by atoms with Crippen LogP contribution in [0.25, 0.3) is 17.3 Å². The van der Waals surface area contributed by atoms with E-state index in [0.717, 1.165) is 11.1 Å². The van der Waals surface area contributed by atoms with Gasteiger partial charge in [-0.2, -0.15) is 5.10 Å². The molecule has 0 saturated carbocycles. The van der Waals surface area contributed by atoms with Crippen molar-refractivity contribution in [3.05, 3.63) is 80.8 Å². The lowest BCUT2D eigenvalue weighted by Crippen LogP contribution is -2.14. The molecule has 0 aliphatic carbocycles. The van der Waals surface area contributed by atoms with Crippen molar-refractivity contribution >= 4 is 40.8 Å². The van der Waals surface area contributed by atoms with Crippen LogP contribution in [0, 0.1) is 5.82 Å². The van der Waals surface area contributed by atoms with E-state index < -0.39 is 5.97 Å². The second-order valence-corrected chi connectivity index (χ2v) is 7.46. The third kappa shape index (κ3) is 3.99. The first kappa shape index (κ1) is 20.6. The highest BCUT2D eigenvalue weighted by atomic mass is 35.5. The average Bonchev–Trinajstić information content (AvgIpc) is 3.10. The lowest BCUT2D eigenvalue weighted by Gasteiger charge is -2.19. The number of esters is 1. The molecule has 2 heterocycles. The average molecular weight is 447 g/mol. The second kappa shape index (κ2) is 8.60. The number of hydrogen-bond donors (Lipinski definition) is 0. The molecule has 0 bridgehead atoms. The fraction of sp³-hybridized carbons (Fsp3) is 0.182. The van der Waals surface area contributed by atoms with E-state index in [9.17, 15) is 9.18 Å². The van der Waals surface area contributed by atoms with Crippen molar-refractivity contribution in [1.29, 1.82) is 0 Å². The van der Waals surface area contributed by atoms with Crippen molar-refractivity contribution < 1.29 is 18.7 Å². The molecule has 0 spiro atoms. The number of hydrogen-bond acceptors (Lipinski definition) is 4. The number of carbonyl (C=O) groups excluding carboxylic acids is 1. The summed E-state index contributed by atoms with van der Waals surface area (Å²) in [6, 6.07) is 11.1. The molecule has 0 amide bonds. The van der Waals surface area contributed by atoms with E-state index in [1.54, 1.807) is 41.9 Å². The molecule has 0 atom stereocenters. The van der Waals surface area contributed by atoms with Crippen LogP contribution < -0.4 is 0 Å². The van der Waals surface area contributed by atoms with Crippen LogP contribution in [0.2, 0.25) is 10.0 Å². The van der Waals surface area contributed by atoms with Gasteiger partial charge in [-0.1, -0.05) is 35.3 Å². The Morgan fingerprint density at radius 2 is 2.00 bits per heavy atom. The van der Waals surface area contributed by atoms with Crippen LogP contribution in [0.1, 0.15) is 34.2 Å². The Bertz CT molecular complexity index is 1140. The number of halogens is 3. The monoisotopic (exact) mass is 446 g/mol. The summed E-state index contributed by atoms with van der Waals surface area (Å²) in [4.78, 5) is 12.5. The van der Waals surface area contributed by atoms with Crippen LogP contribution in [-0.4, -0.2) is 29.0 Å². The molecule has 0 fully saturated rings.